The van der Waals surface area contributed by atoms with E-state index < -0.39 is 23.7 Å². The van der Waals surface area contributed by atoms with E-state index in [1.54, 1.807) is 24.3 Å². The molecule has 2 atom stereocenters. The number of nitrogens with zero attached hydrogens (tertiary/aromatic N) is 1. The molecular weight excluding hydrogens is 471 g/mol. The molecule has 0 aliphatic carbocycles. The van der Waals surface area contributed by atoms with Crippen LogP contribution in [0.15, 0.2) is 53.1 Å². The van der Waals surface area contributed by atoms with Gasteiger partial charge in [0, 0.05) is 16.7 Å². The third kappa shape index (κ3) is 5.04. The Morgan fingerprint density at radius 3 is 2.59 bits per heavy atom. The van der Waals surface area contributed by atoms with Crippen LogP contribution in [0.4, 0.5) is 0 Å². The fourth-order valence-corrected chi connectivity index (χ4v) is 5.01. The molecule has 0 saturated heterocycles. The average molecular weight is 491 g/mol. The fraction of sp³-hybridized carbons (Fsp3) is 0.261. The second-order valence-electron chi connectivity index (χ2n) is 6.83. The largest absolute Gasteiger partial charge is 0.492 e. The van der Waals surface area contributed by atoms with Crippen molar-refractivity contribution in [3.63, 3.8) is 0 Å². The molecule has 1 aliphatic heterocycles. The summed E-state index contributed by atoms with van der Waals surface area (Å²) < 4.78 is 10.3. The summed E-state index contributed by atoms with van der Waals surface area (Å²) in [6, 6.07) is 14.5. The van der Waals surface area contributed by atoms with Gasteiger partial charge in [-0.15, -0.1) is 11.8 Å². The molecule has 0 radical (unpaired) electrons. The number of esters is 1. The molecule has 0 saturated carbocycles. The van der Waals surface area contributed by atoms with E-state index >= 15 is 0 Å². The normalized spacial score (nSPS) is 18.0. The smallest absolute Gasteiger partial charge is 0.319 e. The Morgan fingerprint density at radius 1 is 1.22 bits per heavy atom. The molecule has 0 aromatic heterocycles. The van der Waals surface area contributed by atoms with E-state index in [0.29, 0.717) is 38.7 Å². The molecule has 6 nitrogen and oxygen atoms in total. The molecule has 2 aromatic carbocycles. The number of halogens is 2. The lowest BCUT2D eigenvalue weighted by Gasteiger charge is -2.31. The third-order valence-corrected chi connectivity index (χ3v) is 6.66. The Morgan fingerprint density at radius 2 is 1.97 bits per heavy atom. The van der Waals surface area contributed by atoms with Crippen LogP contribution in [0.5, 0.6) is 5.75 Å². The maximum Gasteiger partial charge on any atom is 0.319 e. The summed E-state index contributed by atoms with van der Waals surface area (Å²) in [5.41, 5.74) is 1.64. The van der Waals surface area contributed by atoms with E-state index in [0.717, 1.165) is 5.56 Å². The lowest BCUT2D eigenvalue weighted by molar-refractivity contribution is -0.150. The monoisotopic (exact) mass is 490 g/mol. The van der Waals surface area contributed by atoms with Crippen LogP contribution in [0.3, 0.4) is 0 Å². The molecule has 1 aliphatic rings. The van der Waals surface area contributed by atoms with Gasteiger partial charge in [0.25, 0.3) is 0 Å². The number of carbonyl (C=O) groups is 2. The number of carbonyl (C=O) groups excluding carboxylic acids is 2. The van der Waals surface area contributed by atoms with Crippen molar-refractivity contribution < 1.29 is 19.1 Å². The first-order valence-corrected chi connectivity index (χ1v) is 11.5. The Hall–Kier alpha value is -2.66. The Kier molecular flexibility index (Phi) is 8.08. The number of hydrogen-bond acceptors (Lipinski definition) is 6. The Labute approximate surface area is 200 Å². The van der Waals surface area contributed by atoms with Crippen molar-refractivity contribution in [1.82, 2.24) is 5.32 Å². The molecule has 0 bridgehead atoms. The van der Waals surface area contributed by atoms with Crippen LogP contribution in [0.2, 0.25) is 10.0 Å². The van der Waals surface area contributed by atoms with Crippen LogP contribution in [-0.2, 0) is 20.1 Å². The van der Waals surface area contributed by atoms with Crippen LogP contribution in [0, 0.1) is 17.2 Å². The Balaban J connectivity index is 2.05. The fourth-order valence-electron chi connectivity index (χ4n) is 3.43. The molecular formula is C23H20Cl2N2O4S. The number of nitrogens with one attached hydrogen (secondary N) is 1. The zero-order valence-electron chi connectivity index (χ0n) is 17.4. The molecule has 9 heteroatoms. The van der Waals surface area contributed by atoms with Crippen molar-refractivity contribution in [3.8, 4) is 11.8 Å². The van der Waals surface area contributed by atoms with Gasteiger partial charge in [0.15, 0.2) is 0 Å². The number of thioether (sulfide) groups is 1. The second-order valence-corrected chi connectivity index (χ2v) is 8.63. The van der Waals surface area contributed by atoms with Crippen molar-refractivity contribution in [3.05, 3.63) is 74.2 Å². The number of nitriles is 1. The van der Waals surface area contributed by atoms with Gasteiger partial charge in [-0.2, -0.15) is 5.26 Å². The second kappa shape index (κ2) is 10.8. The summed E-state index contributed by atoms with van der Waals surface area (Å²) >= 11 is 13.9. The van der Waals surface area contributed by atoms with Crippen LogP contribution in [-0.4, -0.2) is 25.6 Å². The topological polar surface area (TPSA) is 88.4 Å². The number of methoxy groups -OCH3 is 1. The summed E-state index contributed by atoms with van der Waals surface area (Å²) in [5, 5.41) is 14.0. The lowest BCUT2D eigenvalue weighted by atomic mass is 9.78. The first-order valence-electron chi connectivity index (χ1n) is 9.72. The predicted molar refractivity (Wildman–Crippen MR) is 124 cm³/mol. The van der Waals surface area contributed by atoms with Gasteiger partial charge in [-0.25, -0.2) is 0 Å². The number of hydrogen-bond donors (Lipinski definition) is 1. The van der Waals surface area contributed by atoms with E-state index in [1.165, 1.54) is 18.9 Å². The Bertz CT molecular complexity index is 1110. The summed E-state index contributed by atoms with van der Waals surface area (Å²) in [5.74, 6) is -2.46. The van der Waals surface area contributed by atoms with Gasteiger partial charge < -0.3 is 14.8 Å². The molecule has 32 heavy (non-hydrogen) atoms. The molecule has 166 valence electrons. The zero-order valence-corrected chi connectivity index (χ0v) is 19.7. The first kappa shape index (κ1) is 24.0. The first-order chi connectivity index (χ1) is 15.4. The van der Waals surface area contributed by atoms with Crippen LogP contribution in [0.25, 0.3) is 0 Å². The molecule has 1 N–H and O–H groups in total. The van der Waals surface area contributed by atoms with Gasteiger partial charge in [0.1, 0.15) is 11.7 Å². The maximum atomic E-state index is 12.9. The highest BCUT2D eigenvalue weighted by Gasteiger charge is 2.44. The minimum Gasteiger partial charge on any atom is -0.492 e. The predicted octanol–water partition coefficient (Wildman–Crippen LogP) is 5.06. The number of benzene rings is 2. The van der Waals surface area contributed by atoms with E-state index in [9.17, 15) is 14.9 Å². The molecule has 0 fully saturated rings. The number of allylic oxidation sites excluding steroid dienone is 1. The standard InChI is InChI=1S/C23H20Cl2N2O4S/c1-3-31-18-9-8-13(10-17(18)25)19-15(11-26)22(27-21(28)20(19)23(29)30-2)32-12-14-6-4-5-7-16(14)24/h4-10,19-20H,3,12H2,1-2H3,(H,27,28)/t19-,20+/m1/s1. The molecule has 1 amide bonds. The highest BCUT2D eigenvalue weighted by Crippen LogP contribution is 2.42. The average Bonchev–Trinajstić information content (AvgIpc) is 2.79. The molecule has 1 heterocycles. The van der Waals surface area contributed by atoms with Crippen molar-refractivity contribution in [2.45, 2.75) is 18.6 Å². The number of rotatable bonds is 7. The molecule has 0 spiro atoms. The van der Waals surface area contributed by atoms with Gasteiger partial charge in [-0.1, -0.05) is 47.5 Å². The minimum absolute atomic E-state index is 0.247. The van der Waals surface area contributed by atoms with E-state index in [-0.39, 0.29) is 5.57 Å². The van der Waals surface area contributed by atoms with Crippen molar-refractivity contribution in [1.29, 1.82) is 5.26 Å². The van der Waals surface area contributed by atoms with Gasteiger partial charge >= 0.3 is 5.97 Å². The number of ether oxygens (including phenoxy) is 2. The van der Waals surface area contributed by atoms with Crippen LogP contribution < -0.4 is 10.1 Å². The van der Waals surface area contributed by atoms with Gasteiger partial charge in [0.2, 0.25) is 5.91 Å². The summed E-state index contributed by atoms with van der Waals surface area (Å²) in [6.45, 7) is 2.27. The van der Waals surface area contributed by atoms with E-state index in [4.69, 9.17) is 32.7 Å². The highest BCUT2D eigenvalue weighted by molar-refractivity contribution is 8.02. The van der Waals surface area contributed by atoms with E-state index in [2.05, 4.69) is 11.4 Å². The minimum atomic E-state index is -1.23. The van der Waals surface area contributed by atoms with Crippen molar-refractivity contribution >= 4 is 46.8 Å². The molecule has 3 rings (SSSR count). The highest BCUT2D eigenvalue weighted by atomic mass is 35.5. The summed E-state index contributed by atoms with van der Waals surface area (Å²) in [7, 11) is 1.20. The quantitative estimate of drug-likeness (QED) is 0.430. The van der Waals surface area contributed by atoms with E-state index in [1.807, 2.05) is 25.1 Å². The SMILES string of the molecule is CCOc1ccc([C@@H]2C(C#N)=C(SCc3ccccc3Cl)NC(=O)[C@H]2C(=O)OC)cc1Cl. The zero-order chi connectivity index (χ0) is 23.3. The van der Waals surface area contributed by atoms with Gasteiger partial charge in [-0.05, 0) is 36.2 Å². The van der Waals surface area contributed by atoms with Gasteiger partial charge in [-0.3, -0.25) is 9.59 Å². The van der Waals surface area contributed by atoms with Crippen molar-refractivity contribution in [2.24, 2.45) is 5.92 Å². The summed E-state index contributed by atoms with van der Waals surface area (Å²) in [6.07, 6.45) is 0. The number of amides is 1. The summed E-state index contributed by atoms with van der Waals surface area (Å²) in [4.78, 5) is 25.4. The lowest BCUT2D eigenvalue weighted by Crippen LogP contribution is -2.44. The van der Waals surface area contributed by atoms with Crippen LogP contribution in [0.1, 0.15) is 24.0 Å². The maximum absolute atomic E-state index is 12.9. The van der Waals surface area contributed by atoms with Crippen LogP contribution >= 0.6 is 35.0 Å². The third-order valence-electron chi connectivity index (χ3n) is 4.93. The van der Waals surface area contributed by atoms with Crippen molar-refractivity contribution in [2.75, 3.05) is 13.7 Å². The molecule has 2 aromatic rings. The molecule has 0 unspecified atom stereocenters. The van der Waals surface area contributed by atoms with Gasteiger partial charge in [0.05, 0.1) is 35.4 Å².